The van der Waals surface area contributed by atoms with E-state index in [4.69, 9.17) is 13.6 Å². The minimum absolute atomic E-state index is 0.157. The van der Waals surface area contributed by atoms with E-state index in [1.165, 1.54) is 0 Å². The third kappa shape index (κ3) is 6.79. The summed E-state index contributed by atoms with van der Waals surface area (Å²) in [4.78, 5) is 20.2. The minimum Gasteiger partial charge on any atom is -0.495 e. The van der Waals surface area contributed by atoms with E-state index in [-0.39, 0.29) is 17.5 Å². The highest BCUT2D eigenvalue weighted by atomic mass is 28.4. The Morgan fingerprint density at radius 2 is 1.75 bits per heavy atom. The van der Waals surface area contributed by atoms with Gasteiger partial charge < -0.3 is 23.1 Å². The van der Waals surface area contributed by atoms with Gasteiger partial charge in [-0.1, -0.05) is 6.07 Å². The second-order valence-corrected chi connectivity index (χ2v) is 16.3. The molecular weight excluding hydrogens is 587 g/mol. The van der Waals surface area contributed by atoms with Crippen LogP contribution < -0.4 is 4.74 Å². The third-order valence-electron chi connectivity index (χ3n) is 7.96. The number of fused-ring (bicyclic) bond motifs is 1. The molecule has 0 saturated carbocycles. The summed E-state index contributed by atoms with van der Waals surface area (Å²) in [6, 6.07) is 6.64. The van der Waals surface area contributed by atoms with Crippen LogP contribution in [0.3, 0.4) is 0 Å². The SMILES string of the molecule is COc1cc(/C=C2\CC[C@@H]3CC[C@@H](O[Si](C)(C)OC(C)(C)C)[C@@H](c4cc(F)c(F)c(F)c4)N3C2=O)ccc1-n1cnc(C)c1. The van der Waals surface area contributed by atoms with Gasteiger partial charge in [-0.05, 0) is 108 Å². The molecule has 0 spiro atoms. The predicted octanol–water partition coefficient (Wildman–Crippen LogP) is 7.42. The van der Waals surface area contributed by atoms with E-state index in [2.05, 4.69) is 4.98 Å². The van der Waals surface area contributed by atoms with Gasteiger partial charge in [-0.25, -0.2) is 18.2 Å². The number of aryl methyl sites for hydroxylation is 1. The molecule has 2 aliphatic rings. The number of halogens is 3. The standard InChI is InChI=1S/C33H40F3N3O4Si/c1-20-18-38(19-37-20)27-12-8-21(15-29(27)41-5)14-22-9-10-24-11-13-28(42-44(6,7)43-33(2,3)4)31(39(24)32(22)40)23-16-25(34)30(36)26(35)17-23/h8,12,14-19,24,28,31H,9-11,13H2,1-7H3/b22-14+/t24-,28-,31-/m1/s1. The summed E-state index contributed by atoms with van der Waals surface area (Å²) < 4.78 is 63.6. The molecule has 2 saturated heterocycles. The summed E-state index contributed by atoms with van der Waals surface area (Å²) in [5.41, 5.74) is 2.71. The van der Waals surface area contributed by atoms with Crippen LogP contribution in [0.5, 0.6) is 5.75 Å². The molecule has 1 amide bonds. The van der Waals surface area contributed by atoms with Gasteiger partial charge in [-0.2, -0.15) is 0 Å². The van der Waals surface area contributed by atoms with Crippen LogP contribution >= 0.6 is 0 Å². The van der Waals surface area contributed by atoms with Crippen molar-refractivity contribution < 1.29 is 31.6 Å². The van der Waals surface area contributed by atoms with Crippen LogP contribution in [0, 0.1) is 24.4 Å². The molecule has 2 aromatic carbocycles. The number of benzene rings is 2. The van der Waals surface area contributed by atoms with Crippen LogP contribution in [0.4, 0.5) is 13.2 Å². The lowest BCUT2D eigenvalue weighted by Gasteiger charge is -2.50. The quantitative estimate of drug-likeness (QED) is 0.155. The van der Waals surface area contributed by atoms with Crippen molar-refractivity contribution in [2.24, 2.45) is 0 Å². The smallest absolute Gasteiger partial charge is 0.332 e. The number of imidazole rings is 1. The second kappa shape index (κ2) is 12.2. The first kappa shape index (κ1) is 32.0. The van der Waals surface area contributed by atoms with Gasteiger partial charge in [0.15, 0.2) is 17.5 Å². The highest BCUT2D eigenvalue weighted by Gasteiger charge is 2.47. The lowest BCUT2D eigenvalue weighted by Crippen LogP contribution is -2.56. The Labute approximate surface area is 257 Å². The molecule has 3 heterocycles. The van der Waals surface area contributed by atoms with Gasteiger partial charge in [0.1, 0.15) is 5.75 Å². The topological polar surface area (TPSA) is 65.8 Å². The maximum absolute atomic E-state index is 14.6. The molecule has 0 radical (unpaired) electrons. The Bertz CT molecular complexity index is 1560. The number of methoxy groups -OCH3 is 1. The molecule has 3 aromatic rings. The summed E-state index contributed by atoms with van der Waals surface area (Å²) >= 11 is 0. The van der Waals surface area contributed by atoms with Gasteiger partial charge in [0, 0.05) is 17.8 Å². The van der Waals surface area contributed by atoms with Crippen molar-refractivity contribution in [2.45, 2.75) is 90.3 Å². The number of amides is 1. The van der Waals surface area contributed by atoms with Gasteiger partial charge in [0.2, 0.25) is 0 Å². The Hall–Kier alpha value is -3.41. The zero-order valence-corrected chi connectivity index (χ0v) is 27.3. The third-order valence-corrected chi connectivity index (χ3v) is 9.93. The molecule has 0 aliphatic carbocycles. The molecule has 2 aliphatic heterocycles. The predicted molar refractivity (Wildman–Crippen MR) is 164 cm³/mol. The van der Waals surface area contributed by atoms with E-state index in [0.29, 0.717) is 37.0 Å². The number of piperidine rings is 2. The lowest BCUT2D eigenvalue weighted by atomic mass is 9.82. The molecule has 0 bridgehead atoms. The van der Waals surface area contributed by atoms with E-state index in [1.54, 1.807) is 18.3 Å². The number of hydrogen-bond acceptors (Lipinski definition) is 5. The number of aromatic nitrogens is 2. The van der Waals surface area contributed by atoms with Gasteiger partial charge in [0.05, 0.1) is 42.6 Å². The number of ether oxygens (including phenoxy) is 1. The minimum atomic E-state index is -2.77. The molecule has 2 fully saturated rings. The molecule has 11 heteroatoms. The van der Waals surface area contributed by atoms with E-state index in [9.17, 15) is 18.0 Å². The molecule has 1 aromatic heterocycles. The lowest BCUT2D eigenvalue weighted by molar-refractivity contribution is -0.142. The molecule has 236 valence electrons. The summed E-state index contributed by atoms with van der Waals surface area (Å²) in [7, 11) is -1.19. The molecule has 0 N–H and O–H groups in total. The van der Waals surface area contributed by atoms with Crippen molar-refractivity contribution in [3.8, 4) is 11.4 Å². The molecule has 7 nitrogen and oxygen atoms in total. The van der Waals surface area contributed by atoms with Crippen molar-refractivity contribution in [2.75, 3.05) is 7.11 Å². The van der Waals surface area contributed by atoms with Crippen LogP contribution in [0.1, 0.15) is 69.3 Å². The average Bonchev–Trinajstić information content (AvgIpc) is 3.37. The van der Waals surface area contributed by atoms with Crippen molar-refractivity contribution in [1.82, 2.24) is 14.5 Å². The number of hydrogen-bond donors (Lipinski definition) is 0. The number of carbonyl (C=O) groups excluding carboxylic acids is 1. The Kier molecular flexibility index (Phi) is 8.85. The van der Waals surface area contributed by atoms with Gasteiger partial charge in [0.25, 0.3) is 5.91 Å². The molecule has 5 rings (SSSR count). The first-order valence-corrected chi connectivity index (χ1v) is 17.7. The van der Waals surface area contributed by atoms with Crippen LogP contribution in [0.15, 0.2) is 48.4 Å². The molecule has 44 heavy (non-hydrogen) atoms. The first-order chi connectivity index (χ1) is 20.7. The first-order valence-electron chi connectivity index (χ1n) is 14.9. The van der Waals surface area contributed by atoms with E-state index in [0.717, 1.165) is 29.1 Å². The van der Waals surface area contributed by atoms with Crippen LogP contribution in [-0.2, 0) is 13.6 Å². The van der Waals surface area contributed by atoms with Crippen LogP contribution in [0.25, 0.3) is 11.8 Å². The van der Waals surface area contributed by atoms with Gasteiger partial charge in [-0.15, -0.1) is 0 Å². The number of carbonyl (C=O) groups is 1. The van der Waals surface area contributed by atoms with Crippen molar-refractivity contribution >= 4 is 20.5 Å². The van der Waals surface area contributed by atoms with Crippen LogP contribution in [-0.4, -0.2) is 53.8 Å². The Morgan fingerprint density at radius 3 is 2.36 bits per heavy atom. The average molecular weight is 628 g/mol. The highest BCUT2D eigenvalue weighted by Crippen LogP contribution is 2.44. The van der Waals surface area contributed by atoms with Crippen LogP contribution in [0.2, 0.25) is 13.1 Å². The van der Waals surface area contributed by atoms with Gasteiger partial charge >= 0.3 is 8.56 Å². The Morgan fingerprint density at radius 1 is 1.05 bits per heavy atom. The fourth-order valence-corrected chi connectivity index (χ4v) is 8.98. The zero-order chi connectivity index (χ0) is 32.0. The summed E-state index contributed by atoms with van der Waals surface area (Å²) in [6.45, 7) is 11.6. The number of rotatable bonds is 7. The fraction of sp³-hybridized carbons (Fsp3) is 0.455. The molecular formula is C33H40F3N3O4Si. The summed E-state index contributed by atoms with van der Waals surface area (Å²) in [5, 5.41) is 0. The van der Waals surface area contributed by atoms with Crippen molar-refractivity contribution in [1.29, 1.82) is 0 Å². The van der Waals surface area contributed by atoms with Gasteiger partial charge in [-0.3, -0.25) is 4.79 Å². The number of nitrogens with zero attached hydrogens (tertiary/aromatic N) is 3. The monoisotopic (exact) mass is 627 g/mol. The van der Waals surface area contributed by atoms with E-state index >= 15 is 0 Å². The summed E-state index contributed by atoms with van der Waals surface area (Å²) in [6.07, 6.45) is 7.29. The molecule has 0 unspecified atom stereocenters. The maximum atomic E-state index is 14.6. The normalized spacial score (nSPS) is 22.0. The molecule has 3 atom stereocenters. The zero-order valence-electron chi connectivity index (χ0n) is 26.3. The maximum Gasteiger partial charge on any atom is 0.332 e. The van der Waals surface area contributed by atoms with Crippen molar-refractivity contribution in [3.63, 3.8) is 0 Å². The largest absolute Gasteiger partial charge is 0.495 e. The van der Waals surface area contributed by atoms with Crippen molar-refractivity contribution in [3.05, 3.63) is 82.7 Å². The van der Waals surface area contributed by atoms with E-state index in [1.807, 2.05) is 75.8 Å². The summed E-state index contributed by atoms with van der Waals surface area (Å²) in [5.74, 6) is -3.77. The highest BCUT2D eigenvalue weighted by molar-refractivity contribution is 6.64. The van der Waals surface area contributed by atoms with E-state index < -0.39 is 43.8 Å². The fourth-order valence-electron chi connectivity index (χ4n) is 6.49. The Balaban J connectivity index is 1.52. The second-order valence-electron chi connectivity index (χ2n) is 13.0.